The number of hydrogen-bond acceptors (Lipinski definition) is 3. The van der Waals surface area contributed by atoms with E-state index in [-0.39, 0.29) is 11.9 Å². The first-order valence-corrected chi connectivity index (χ1v) is 11.3. The standard InChI is InChI=1S/C21H27ClN2O3S/c1-13-7-9-18(11-15(13)3)16(4)23-21(25)17(5)24(28(6,26)27)19-10-8-14(2)20(22)12-19/h7-12,16-17H,1-6H3,(H,23,25)/t16-,17+/m0/s1. The highest BCUT2D eigenvalue weighted by Gasteiger charge is 2.30. The number of amides is 1. The van der Waals surface area contributed by atoms with Crippen molar-refractivity contribution in [2.75, 3.05) is 10.6 Å². The summed E-state index contributed by atoms with van der Waals surface area (Å²) in [5, 5.41) is 3.36. The minimum atomic E-state index is -3.69. The molecule has 0 aliphatic carbocycles. The van der Waals surface area contributed by atoms with E-state index in [1.165, 1.54) is 5.56 Å². The number of nitrogens with one attached hydrogen (secondary N) is 1. The van der Waals surface area contributed by atoms with Crippen LogP contribution in [0.1, 0.15) is 42.1 Å². The minimum Gasteiger partial charge on any atom is -0.348 e. The van der Waals surface area contributed by atoms with Crippen molar-refractivity contribution < 1.29 is 13.2 Å². The Bertz CT molecular complexity index is 989. The molecule has 0 radical (unpaired) electrons. The summed E-state index contributed by atoms with van der Waals surface area (Å²) in [5.74, 6) is -0.382. The molecule has 0 heterocycles. The molecule has 1 amide bonds. The van der Waals surface area contributed by atoms with Gasteiger partial charge in [0.15, 0.2) is 0 Å². The van der Waals surface area contributed by atoms with E-state index in [1.54, 1.807) is 25.1 Å². The summed E-state index contributed by atoms with van der Waals surface area (Å²) in [6.45, 7) is 9.32. The van der Waals surface area contributed by atoms with Crippen molar-refractivity contribution in [3.63, 3.8) is 0 Å². The average molecular weight is 423 g/mol. The van der Waals surface area contributed by atoms with Crippen molar-refractivity contribution in [3.8, 4) is 0 Å². The lowest BCUT2D eigenvalue weighted by atomic mass is 10.0. The van der Waals surface area contributed by atoms with Gasteiger partial charge in [0.1, 0.15) is 6.04 Å². The number of carbonyl (C=O) groups is 1. The number of sulfonamides is 1. The third-order valence-corrected chi connectivity index (χ3v) is 6.54. The molecule has 0 aromatic heterocycles. The molecular formula is C21H27ClN2O3S. The quantitative estimate of drug-likeness (QED) is 0.754. The van der Waals surface area contributed by atoms with Crippen molar-refractivity contribution in [2.24, 2.45) is 0 Å². The molecule has 5 nitrogen and oxygen atoms in total. The van der Waals surface area contributed by atoms with Gasteiger partial charge in [-0.25, -0.2) is 8.42 Å². The van der Waals surface area contributed by atoms with Gasteiger partial charge in [-0.2, -0.15) is 0 Å². The van der Waals surface area contributed by atoms with Gasteiger partial charge < -0.3 is 5.32 Å². The van der Waals surface area contributed by atoms with Crippen LogP contribution in [0.4, 0.5) is 5.69 Å². The van der Waals surface area contributed by atoms with E-state index in [0.29, 0.717) is 10.7 Å². The molecule has 0 spiro atoms. The molecule has 0 unspecified atom stereocenters. The lowest BCUT2D eigenvalue weighted by Gasteiger charge is -2.29. The zero-order chi connectivity index (χ0) is 21.2. The Hall–Kier alpha value is -2.05. The number of nitrogens with zero attached hydrogens (tertiary/aromatic N) is 1. The van der Waals surface area contributed by atoms with Crippen LogP contribution < -0.4 is 9.62 Å². The maximum atomic E-state index is 12.8. The summed E-state index contributed by atoms with van der Waals surface area (Å²) in [6, 6.07) is 9.77. The molecule has 0 saturated heterocycles. The van der Waals surface area contributed by atoms with Crippen molar-refractivity contribution >= 4 is 33.2 Å². The number of benzene rings is 2. The van der Waals surface area contributed by atoms with Crippen LogP contribution in [0.25, 0.3) is 0 Å². The predicted molar refractivity (Wildman–Crippen MR) is 115 cm³/mol. The van der Waals surface area contributed by atoms with Gasteiger partial charge in [-0.15, -0.1) is 0 Å². The minimum absolute atomic E-state index is 0.253. The maximum Gasteiger partial charge on any atom is 0.244 e. The van der Waals surface area contributed by atoms with E-state index >= 15 is 0 Å². The van der Waals surface area contributed by atoms with Crippen molar-refractivity contribution in [1.82, 2.24) is 5.32 Å². The van der Waals surface area contributed by atoms with Crippen LogP contribution in [0.2, 0.25) is 5.02 Å². The summed E-state index contributed by atoms with van der Waals surface area (Å²) in [7, 11) is -3.69. The monoisotopic (exact) mass is 422 g/mol. The third kappa shape index (κ3) is 5.06. The van der Waals surface area contributed by atoms with E-state index in [2.05, 4.69) is 5.32 Å². The second-order valence-electron chi connectivity index (χ2n) is 7.24. The molecule has 1 N–H and O–H groups in total. The fourth-order valence-electron chi connectivity index (χ4n) is 2.98. The molecule has 2 rings (SSSR count). The molecule has 0 aliphatic heterocycles. The molecule has 2 aromatic carbocycles. The number of anilines is 1. The number of carbonyl (C=O) groups excluding carboxylic acids is 1. The fourth-order valence-corrected chi connectivity index (χ4v) is 4.32. The summed E-state index contributed by atoms with van der Waals surface area (Å²) in [5.41, 5.74) is 4.47. The maximum absolute atomic E-state index is 12.8. The Labute approximate surface area is 172 Å². The van der Waals surface area contributed by atoms with Crippen LogP contribution in [0.3, 0.4) is 0 Å². The lowest BCUT2D eigenvalue weighted by molar-refractivity contribution is -0.122. The van der Waals surface area contributed by atoms with Crippen LogP contribution in [-0.2, 0) is 14.8 Å². The number of aryl methyl sites for hydroxylation is 3. The summed E-state index contributed by atoms with van der Waals surface area (Å²) in [6.07, 6.45) is 1.08. The van der Waals surface area contributed by atoms with Gasteiger partial charge in [0.2, 0.25) is 15.9 Å². The van der Waals surface area contributed by atoms with E-state index in [1.807, 2.05) is 45.9 Å². The first kappa shape index (κ1) is 22.2. The molecular weight excluding hydrogens is 396 g/mol. The Morgan fingerprint density at radius 2 is 1.61 bits per heavy atom. The second-order valence-corrected chi connectivity index (χ2v) is 9.51. The predicted octanol–water partition coefficient (Wildman–Crippen LogP) is 4.30. The Morgan fingerprint density at radius 3 is 2.14 bits per heavy atom. The highest BCUT2D eigenvalue weighted by molar-refractivity contribution is 7.92. The molecule has 0 bridgehead atoms. The van der Waals surface area contributed by atoms with Crippen molar-refractivity contribution in [3.05, 3.63) is 63.7 Å². The summed E-state index contributed by atoms with van der Waals surface area (Å²) in [4.78, 5) is 12.8. The van der Waals surface area contributed by atoms with E-state index < -0.39 is 16.1 Å². The smallest absolute Gasteiger partial charge is 0.244 e. The Kier molecular flexibility index (Phi) is 6.78. The van der Waals surface area contributed by atoms with Gasteiger partial charge in [-0.1, -0.05) is 35.9 Å². The molecule has 2 atom stereocenters. The second kappa shape index (κ2) is 8.53. The zero-order valence-electron chi connectivity index (χ0n) is 17.1. The Morgan fingerprint density at radius 1 is 1.00 bits per heavy atom. The van der Waals surface area contributed by atoms with Gasteiger partial charge in [0, 0.05) is 5.02 Å². The number of halogens is 1. The van der Waals surface area contributed by atoms with Gasteiger partial charge in [-0.05, 0) is 69.0 Å². The first-order chi connectivity index (χ1) is 12.9. The number of hydrogen-bond donors (Lipinski definition) is 1. The normalized spacial score (nSPS) is 13.7. The molecule has 152 valence electrons. The van der Waals surface area contributed by atoms with Crippen molar-refractivity contribution in [1.29, 1.82) is 0 Å². The molecule has 28 heavy (non-hydrogen) atoms. The Balaban J connectivity index is 2.28. The number of rotatable bonds is 6. The zero-order valence-corrected chi connectivity index (χ0v) is 18.6. The first-order valence-electron chi connectivity index (χ1n) is 9.05. The van der Waals surface area contributed by atoms with Gasteiger partial charge in [0.05, 0.1) is 18.0 Å². The van der Waals surface area contributed by atoms with Gasteiger partial charge in [0.25, 0.3) is 0 Å². The SMILES string of the molecule is Cc1ccc([C@H](C)NC(=O)[C@@H](C)N(c2ccc(C)c(Cl)c2)S(C)(=O)=O)cc1C. The van der Waals surface area contributed by atoms with Crippen LogP contribution in [0.15, 0.2) is 36.4 Å². The van der Waals surface area contributed by atoms with E-state index in [9.17, 15) is 13.2 Å². The molecule has 2 aromatic rings. The molecule has 0 aliphatic rings. The largest absolute Gasteiger partial charge is 0.348 e. The average Bonchev–Trinajstić information content (AvgIpc) is 2.59. The van der Waals surface area contributed by atoms with E-state index in [4.69, 9.17) is 11.6 Å². The summed E-state index contributed by atoms with van der Waals surface area (Å²) < 4.78 is 25.9. The lowest BCUT2D eigenvalue weighted by Crippen LogP contribution is -2.48. The van der Waals surface area contributed by atoms with E-state index in [0.717, 1.165) is 27.3 Å². The van der Waals surface area contributed by atoms with Gasteiger partial charge >= 0.3 is 0 Å². The third-order valence-electron chi connectivity index (χ3n) is 4.89. The molecule has 0 saturated carbocycles. The highest BCUT2D eigenvalue weighted by atomic mass is 35.5. The van der Waals surface area contributed by atoms with Crippen LogP contribution >= 0.6 is 11.6 Å². The molecule has 7 heteroatoms. The van der Waals surface area contributed by atoms with Crippen LogP contribution in [0, 0.1) is 20.8 Å². The fraction of sp³-hybridized carbons (Fsp3) is 0.381. The van der Waals surface area contributed by atoms with Crippen molar-refractivity contribution in [2.45, 2.75) is 46.7 Å². The van der Waals surface area contributed by atoms with Crippen LogP contribution in [-0.4, -0.2) is 26.6 Å². The van der Waals surface area contributed by atoms with Gasteiger partial charge in [-0.3, -0.25) is 9.10 Å². The summed E-state index contributed by atoms with van der Waals surface area (Å²) >= 11 is 6.16. The topological polar surface area (TPSA) is 66.5 Å². The molecule has 0 fully saturated rings. The van der Waals surface area contributed by atoms with Crippen LogP contribution in [0.5, 0.6) is 0 Å². The highest BCUT2D eigenvalue weighted by Crippen LogP contribution is 2.27.